The summed E-state index contributed by atoms with van der Waals surface area (Å²) in [6.07, 6.45) is 8.20. The fourth-order valence-corrected chi connectivity index (χ4v) is 3.43. The number of hydrogen-bond donors (Lipinski definition) is 2. The minimum Gasteiger partial charge on any atom is -0.493 e. The van der Waals surface area contributed by atoms with Crippen LogP contribution < -0.4 is 5.69 Å². The summed E-state index contributed by atoms with van der Waals surface area (Å²) in [5.41, 5.74) is -0.962. The number of aromatic nitrogens is 2. The van der Waals surface area contributed by atoms with Crippen LogP contribution in [0.25, 0.3) is 6.20 Å². The first-order chi connectivity index (χ1) is 13.0. The molecule has 7 heteroatoms. The van der Waals surface area contributed by atoms with Gasteiger partial charge in [0.2, 0.25) is 5.88 Å². The van der Waals surface area contributed by atoms with Crippen LogP contribution >= 0.6 is 0 Å². The molecule has 0 bridgehead atoms. The zero-order valence-electron chi connectivity index (χ0n) is 17.7. The van der Waals surface area contributed by atoms with Gasteiger partial charge in [-0.15, -0.1) is 0 Å². The molecule has 0 saturated carbocycles. The number of rotatable bonds is 14. The maximum atomic E-state index is 12.3. The summed E-state index contributed by atoms with van der Waals surface area (Å²) in [6, 6.07) is 0. The summed E-state index contributed by atoms with van der Waals surface area (Å²) in [7, 11) is 0. The Labute approximate surface area is 167 Å². The van der Waals surface area contributed by atoms with Gasteiger partial charge in [-0.05, 0) is 51.4 Å². The molecule has 0 atom stereocenters. The van der Waals surface area contributed by atoms with Crippen molar-refractivity contribution in [3.63, 3.8) is 0 Å². The van der Waals surface area contributed by atoms with Crippen LogP contribution in [0.2, 0.25) is 0 Å². The van der Waals surface area contributed by atoms with Crippen molar-refractivity contribution < 1.29 is 19.7 Å². The number of ether oxygens (including phenoxy) is 1. The van der Waals surface area contributed by atoms with E-state index in [1.165, 1.54) is 21.5 Å². The van der Waals surface area contributed by atoms with Crippen LogP contribution in [0.4, 0.5) is 0 Å². The minimum atomic E-state index is -0.749. The molecule has 0 unspecified atom stereocenters. The topological polar surface area (TPSA) is 93.7 Å². The van der Waals surface area contributed by atoms with E-state index in [1.807, 2.05) is 27.7 Å². The SMILES string of the molecule is C=Cn1cc(O)n(C(C)(C)CCCCOCCCCC(C)(C)CC(=O)O)c1=O. The second-order valence-electron chi connectivity index (χ2n) is 8.77. The predicted molar refractivity (Wildman–Crippen MR) is 111 cm³/mol. The van der Waals surface area contributed by atoms with Gasteiger partial charge >= 0.3 is 11.7 Å². The van der Waals surface area contributed by atoms with Crippen molar-refractivity contribution in [1.29, 1.82) is 0 Å². The van der Waals surface area contributed by atoms with E-state index >= 15 is 0 Å². The zero-order valence-corrected chi connectivity index (χ0v) is 17.7. The third-order valence-electron chi connectivity index (χ3n) is 5.05. The molecule has 0 saturated heterocycles. The molecule has 7 nitrogen and oxygen atoms in total. The molecule has 1 aromatic heterocycles. The average molecular weight is 397 g/mol. The van der Waals surface area contributed by atoms with Crippen molar-refractivity contribution in [2.75, 3.05) is 13.2 Å². The van der Waals surface area contributed by atoms with E-state index < -0.39 is 11.5 Å². The fourth-order valence-electron chi connectivity index (χ4n) is 3.43. The number of nitrogens with zero attached hydrogens (tertiary/aromatic N) is 2. The molecule has 0 fully saturated rings. The van der Waals surface area contributed by atoms with Gasteiger partial charge in [-0.25, -0.2) is 4.79 Å². The summed E-state index contributed by atoms with van der Waals surface area (Å²) in [4.78, 5) is 23.1. The average Bonchev–Trinajstić information content (AvgIpc) is 2.86. The van der Waals surface area contributed by atoms with Crippen LogP contribution in [0.5, 0.6) is 5.88 Å². The van der Waals surface area contributed by atoms with Crippen molar-refractivity contribution in [1.82, 2.24) is 9.13 Å². The molecule has 0 aliphatic carbocycles. The van der Waals surface area contributed by atoms with Crippen LogP contribution in [-0.2, 0) is 15.1 Å². The Bertz CT molecular complexity index is 700. The molecule has 2 N–H and O–H groups in total. The highest BCUT2D eigenvalue weighted by Gasteiger charge is 2.26. The van der Waals surface area contributed by atoms with E-state index in [0.717, 1.165) is 38.5 Å². The first kappa shape index (κ1) is 24.0. The molecule has 0 aromatic carbocycles. The van der Waals surface area contributed by atoms with Crippen LogP contribution in [0.3, 0.4) is 0 Å². The third kappa shape index (κ3) is 7.54. The summed E-state index contributed by atoms with van der Waals surface area (Å²) in [6.45, 7) is 12.7. The molecule has 1 rings (SSSR count). The van der Waals surface area contributed by atoms with Gasteiger partial charge in [-0.3, -0.25) is 13.9 Å². The quantitative estimate of drug-likeness (QED) is 0.463. The highest BCUT2D eigenvalue weighted by molar-refractivity contribution is 5.67. The van der Waals surface area contributed by atoms with Gasteiger partial charge in [0.25, 0.3) is 0 Å². The summed E-state index contributed by atoms with van der Waals surface area (Å²) < 4.78 is 8.34. The maximum Gasteiger partial charge on any atom is 0.335 e. The van der Waals surface area contributed by atoms with Gasteiger partial charge in [-0.2, -0.15) is 0 Å². The highest BCUT2D eigenvalue weighted by Crippen LogP contribution is 2.27. The Hall–Kier alpha value is -2.02. The van der Waals surface area contributed by atoms with Gasteiger partial charge in [0, 0.05) is 25.0 Å². The smallest absolute Gasteiger partial charge is 0.335 e. The Morgan fingerprint density at radius 2 is 1.71 bits per heavy atom. The van der Waals surface area contributed by atoms with E-state index in [-0.39, 0.29) is 23.4 Å². The molecule has 0 amide bonds. The Kier molecular flexibility index (Phi) is 9.01. The normalized spacial score (nSPS) is 12.3. The fraction of sp³-hybridized carbons (Fsp3) is 0.714. The monoisotopic (exact) mass is 396 g/mol. The van der Waals surface area contributed by atoms with Crippen LogP contribution in [0.1, 0.15) is 72.6 Å². The zero-order chi connectivity index (χ0) is 21.4. The lowest BCUT2D eigenvalue weighted by Gasteiger charge is -2.26. The first-order valence-electron chi connectivity index (χ1n) is 9.95. The lowest BCUT2D eigenvalue weighted by atomic mass is 9.84. The number of carbonyl (C=O) groups is 1. The number of carboxylic acid groups (broad SMARTS) is 1. The highest BCUT2D eigenvalue weighted by atomic mass is 16.5. The second kappa shape index (κ2) is 10.5. The van der Waals surface area contributed by atoms with E-state index in [9.17, 15) is 14.7 Å². The van der Waals surface area contributed by atoms with Crippen LogP contribution in [0.15, 0.2) is 17.6 Å². The van der Waals surface area contributed by atoms with E-state index in [4.69, 9.17) is 9.84 Å². The lowest BCUT2D eigenvalue weighted by Crippen LogP contribution is -2.36. The summed E-state index contributed by atoms with van der Waals surface area (Å²) >= 11 is 0. The standard InChI is InChI=1S/C21H36N2O5/c1-6-22-16-17(24)23(19(22)27)21(4,5)12-8-10-14-28-13-9-7-11-20(2,3)15-18(25)26/h6,16,24H,1,7-15H2,2-5H3,(H,25,26). The molecule has 1 aromatic rings. The van der Waals surface area contributed by atoms with E-state index in [0.29, 0.717) is 13.2 Å². The van der Waals surface area contributed by atoms with Gasteiger partial charge < -0.3 is 14.9 Å². The van der Waals surface area contributed by atoms with Gasteiger partial charge in [0.1, 0.15) is 0 Å². The summed E-state index contributed by atoms with van der Waals surface area (Å²) in [5, 5.41) is 18.9. The number of unbranched alkanes of at least 4 members (excludes halogenated alkanes) is 2. The molecule has 28 heavy (non-hydrogen) atoms. The maximum absolute atomic E-state index is 12.3. The van der Waals surface area contributed by atoms with Gasteiger partial charge in [0.15, 0.2) is 0 Å². The third-order valence-corrected chi connectivity index (χ3v) is 5.05. The largest absolute Gasteiger partial charge is 0.493 e. The predicted octanol–water partition coefficient (Wildman–Crippen LogP) is 4.05. The van der Waals surface area contributed by atoms with Crippen molar-refractivity contribution >= 4 is 12.2 Å². The molecule has 1 heterocycles. The number of carboxylic acids is 1. The number of aromatic hydroxyl groups is 1. The molecule has 0 radical (unpaired) electrons. The number of imidazole rings is 1. The van der Waals surface area contributed by atoms with Crippen molar-refractivity contribution in [2.45, 2.75) is 78.2 Å². The first-order valence-corrected chi connectivity index (χ1v) is 9.95. The Morgan fingerprint density at radius 3 is 2.21 bits per heavy atom. The number of hydrogen-bond acceptors (Lipinski definition) is 4. The second-order valence-corrected chi connectivity index (χ2v) is 8.77. The Morgan fingerprint density at radius 1 is 1.14 bits per heavy atom. The van der Waals surface area contributed by atoms with Crippen LogP contribution in [0, 0.1) is 5.41 Å². The lowest BCUT2D eigenvalue weighted by molar-refractivity contribution is -0.139. The van der Waals surface area contributed by atoms with E-state index in [2.05, 4.69) is 6.58 Å². The molecule has 160 valence electrons. The molecule has 0 aliphatic rings. The minimum absolute atomic E-state index is 0.0584. The molecule has 0 aliphatic heterocycles. The van der Waals surface area contributed by atoms with Gasteiger partial charge in [-0.1, -0.05) is 26.8 Å². The molecule has 0 spiro atoms. The molecular weight excluding hydrogens is 360 g/mol. The van der Waals surface area contributed by atoms with Crippen molar-refractivity contribution in [2.24, 2.45) is 5.41 Å². The van der Waals surface area contributed by atoms with E-state index in [1.54, 1.807) is 0 Å². The van der Waals surface area contributed by atoms with Crippen LogP contribution in [-0.4, -0.2) is 38.5 Å². The molecular formula is C21H36N2O5. The Balaban J connectivity index is 2.24. The van der Waals surface area contributed by atoms with Gasteiger partial charge in [0.05, 0.1) is 12.6 Å². The summed E-state index contributed by atoms with van der Waals surface area (Å²) in [5.74, 6) is -0.808. The number of aliphatic carboxylic acids is 1. The van der Waals surface area contributed by atoms with Crippen molar-refractivity contribution in [3.8, 4) is 5.88 Å². The van der Waals surface area contributed by atoms with Crippen molar-refractivity contribution in [3.05, 3.63) is 23.3 Å².